The number of benzene rings is 2. The molecule has 8 heteroatoms. The van der Waals surface area contributed by atoms with Gasteiger partial charge in [0, 0.05) is 14.4 Å². The molecule has 0 saturated heterocycles. The van der Waals surface area contributed by atoms with Gasteiger partial charge in [-0.1, -0.05) is 51.2 Å². The Hall–Kier alpha value is -1.24. The molecule has 0 aliphatic rings. The molecule has 0 aliphatic heterocycles. The van der Waals surface area contributed by atoms with Gasteiger partial charge in [0.25, 0.3) is 0 Å². The summed E-state index contributed by atoms with van der Waals surface area (Å²) in [5, 5.41) is 0. The first kappa shape index (κ1) is 27.0. The van der Waals surface area contributed by atoms with Crippen molar-refractivity contribution in [3.63, 3.8) is 0 Å². The highest BCUT2D eigenvalue weighted by atomic mass is 32.2. The Balaban J connectivity index is 2.13. The van der Waals surface area contributed by atoms with E-state index in [0.717, 1.165) is 21.3 Å². The minimum Gasteiger partial charge on any atom is -0.497 e. The lowest BCUT2D eigenvalue weighted by Gasteiger charge is -2.27. The minimum absolute atomic E-state index is 0.639. The van der Waals surface area contributed by atoms with Gasteiger partial charge < -0.3 is 9.47 Å². The lowest BCUT2D eigenvalue weighted by molar-refractivity contribution is 0.0881. The van der Waals surface area contributed by atoms with E-state index >= 15 is 0 Å². The zero-order chi connectivity index (χ0) is 23.6. The van der Waals surface area contributed by atoms with Crippen LogP contribution in [0.4, 0.5) is 0 Å². The first-order valence-corrected chi connectivity index (χ1v) is 13.6. The fourth-order valence-electron chi connectivity index (χ4n) is 3.09. The van der Waals surface area contributed by atoms with Crippen molar-refractivity contribution in [3.05, 3.63) is 48.5 Å². The minimum atomic E-state index is -2.33. The van der Waals surface area contributed by atoms with Gasteiger partial charge in [0.15, 0.2) is 9.87 Å². The highest BCUT2D eigenvalue weighted by Gasteiger charge is 2.46. The average molecular weight is 498 g/mol. The van der Waals surface area contributed by atoms with Crippen LogP contribution in [0.15, 0.2) is 58.3 Å². The maximum atomic E-state index is 13.1. The smallest absolute Gasteiger partial charge is 0.497 e. The number of methoxy groups -OCH3 is 2. The van der Waals surface area contributed by atoms with Gasteiger partial charge in [0.2, 0.25) is 0 Å². The van der Waals surface area contributed by atoms with Crippen molar-refractivity contribution >= 4 is 31.8 Å². The SMILES string of the molecule is CCC(CC)(O[P+](=O)OC(CC)(CC)Sc1ccc(OC)cc1)Sc1ccc(OC)cc1. The molecule has 0 bridgehead atoms. The van der Waals surface area contributed by atoms with Crippen molar-refractivity contribution in [2.24, 2.45) is 0 Å². The van der Waals surface area contributed by atoms with Gasteiger partial charge in [-0.05, 0) is 74.2 Å². The van der Waals surface area contributed by atoms with Crippen LogP contribution < -0.4 is 9.47 Å². The summed E-state index contributed by atoms with van der Waals surface area (Å²) >= 11 is 3.14. The van der Waals surface area contributed by atoms with Gasteiger partial charge in [-0.25, -0.2) is 0 Å². The predicted molar refractivity (Wildman–Crippen MR) is 134 cm³/mol. The van der Waals surface area contributed by atoms with E-state index in [2.05, 4.69) is 0 Å². The monoisotopic (exact) mass is 497 g/mol. The molecule has 0 unspecified atom stereocenters. The Bertz CT molecular complexity index is 765. The molecular formula is C24H34O5PS2+. The predicted octanol–water partition coefficient (Wildman–Crippen LogP) is 8.31. The van der Waals surface area contributed by atoms with Crippen LogP contribution in [0.25, 0.3) is 0 Å². The Morgan fingerprint density at radius 2 is 0.969 bits per heavy atom. The van der Waals surface area contributed by atoms with Gasteiger partial charge in [-0.15, -0.1) is 9.05 Å². The van der Waals surface area contributed by atoms with Crippen molar-refractivity contribution in [2.45, 2.75) is 73.0 Å². The topological polar surface area (TPSA) is 54.0 Å². The van der Waals surface area contributed by atoms with Crippen LogP contribution in [-0.2, 0) is 13.6 Å². The summed E-state index contributed by atoms with van der Waals surface area (Å²) in [6.45, 7) is 8.18. The molecule has 0 amide bonds. The fourth-order valence-corrected chi connectivity index (χ4v) is 6.83. The molecule has 0 aromatic heterocycles. The molecule has 2 aromatic rings. The van der Waals surface area contributed by atoms with E-state index in [-0.39, 0.29) is 0 Å². The molecule has 0 saturated carbocycles. The molecule has 0 heterocycles. The Morgan fingerprint density at radius 3 is 1.22 bits per heavy atom. The standard InChI is InChI=1S/C24H34O5PS2/c1-7-23(8-2,31-21-15-11-19(26-5)12-16-21)28-30(25)29-24(9-3,10-4)32-22-17-13-20(27-6)14-18-22/h11-18H,7-10H2,1-6H3/q+1. The molecular weight excluding hydrogens is 463 g/mol. The van der Waals surface area contributed by atoms with E-state index in [9.17, 15) is 4.57 Å². The van der Waals surface area contributed by atoms with Gasteiger partial charge in [-0.3, -0.25) is 0 Å². The van der Waals surface area contributed by atoms with Crippen LogP contribution in [0.2, 0.25) is 0 Å². The molecule has 0 N–H and O–H groups in total. The number of rotatable bonds is 14. The zero-order valence-electron chi connectivity index (χ0n) is 19.8. The van der Waals surface area contributed by atoms with E-state index < -0.39 is 18.1 Å². The van der Waals surface area contributed by atoms with Crippen LogP contribution in [0.1, 0.15) is 53.4 Å². The second-order valence-corrected chi connectivity index (χ2v) is 10.8. The summed E-state index contributed by atoms with van der Waals surface area (Å²) in [7, 11) is 0.960. The number of hydrogen-bond donors (Lipinski definition) is 0. The molecule has 176 valence electrons. The summed E-state index contributed by atoms with van der Waals surface area (Å²) < 4.78 is 35.8. The van der Waals surface area contributed by atoms with E-state index in [1.807, 2.05) is 76.2 Å². The molecule has 5 nitrogen and oxygen atoms in total. The summed E-state index contributed by atoms with van der Waals surface area (Å²) in [5.41, 5.74) is 0. The molecule has 0 fully saturated rings. The lowest BCUT2D eigenvalue weighted by Crippen LogP contribution is -2.28. The quantitative estimate of drug-likeness (QED) is 0.148. The third-order valence-electron chi connectivity index (χ3n) is 5.36. The lowest BCUT2D eigenvalue weighted by atomic mass is 10.2. The van der Waals surface area contributed by atoms with E-state index in [1.165, 1.54) is 0 Å². The largest absolute Gasteiger partial charge is 0.700 e. The van der Waals surface area contributed by atoms with Crippen LogP contribution in [0.5, 0.6) is 11.5 Å². The van der Waals surface area contributed by atoms with Crippen LogP contribution in [-0.4, -0.2) is 24.1 Å². The highest BCUT2D eigenvalue weighted by molar-refractivity contribution is 8.01. The average Bonchev–Trinajstić information content (AvgIpc) is 2.84. The van der Waals surface area contributed by atoms with Crippen LogP contribution >= 0.6 is 31.8 Å². The molecule has 0 atom stereocenters. The van der Waals surface area contributed by atoms with Crippen molar-refractivity contribution in [1.29, 1.82) is 0 Å². The molecule has 32 heavy (non-hydrogen) atoms. The van der Waals surface area contributed by atoms with Crippen LogP contribution in [0, 0.1) is 0 Å². The summed E-state index contributed by atoms with van der Waals surface area (Å²) in [6.07, 6.45) is 2.78. The van der Waals surface area contributed by atoms with E-state index in [0.29, 0.717) is 25.7 Å². The summed E-state index contributed by atoms with van der Waals surface area (Å²) in [5.74, 6) is 1.60. The summed E-state index contributed by atoms with van der Waals surface area (Å²) in [6, 6.07) is 15.6. The van der Waals surface area contributed by atoms with E-state index in [1.54, 1.807) is 37.7 Å². The highest BCUT2D eigenvalue weighted by Crippen LogP contribution is 2.51. The molecule has 0 spiro atoms. The van der Waals surface area contributed by atoms with Crippen LogP contribution in [0.3, 0.4) is 0 Å². The molecule has 2 aromatic carbocycles. The third-order valence-corrected chi connectivity index (χ3v) is 9.69. The molecule has 0 radical (unpaired) electrons. The number of hydrogen-bond acceptors (Lipinski definition) is 7. The number of ether oxygens (including phenoxy) is 2. The van der Waals surface area contributed by atoms with Crippen molar-refractivity contribution in [2.75, 3.05) is 14.2 Å². The van der Waals surface area contributed by atoms with Crippen molar-refractivity contribution in [3.8, 4) is 11.5 Å². The normalized spacial score (nSPS) is 11.9. The molecule has 0 aliphatic carbocycles. The first-order chi connectivity index (χ1) is 15.4. The Labute approximate surface area is 201 Å². The van der Waals surface area contributed by atoms with Gasteiger partial charge in [-0.2, -0.15) is 0 Å². The Morgan fingerprint density at radius 1 is 0.656 bits per heavy atom. The molecule has 2 rings (SSSR count). The zero-order valence-corrected chi connectivity index (χ0v) is 22.3. The van der Waals surface area contributed by atoms with Gasteiger partial charge in [0.1, 0.15) is 11.5 Å². The van der Waals surface area contributed by atoms with Gasteiger partial charge in [0.05, 0.1) is 14.2 Å². The van der Waals surface area contributed by atoms with E-state index in [4.69, 9.17) is 18.5 Å². The fraction of sp³-hybridized carbons (Fsp3) is 0.500. The van der Waals surface area contributed by atoms with Gasteiger partial charge >= 0.3 is 8.25 Å². The maximum Gasteiger partial charge on any atom is 0.700 e. The number of thioether (sulfide) groups is 2. The second kappa shape index (κ2) is 12.9. The summed E-state index contributed by atoms with van der Waals surface area (Å²) in [4.78, 5) is 0.783. The Kier molecular flexibility index (Phi) is 10.8. The third kappa shape index (κ3) is 7.39. The first-order valence-electron chi connectivity index (χ1n) is 10.9. The van der Waals surface area contributed by atoms with Crippen molar-refractivity contribution in [1.82, 2.24) is 0 Å². The van der Waals surface area contributed by atoms with Crippen molar-refractivity contribution < 1.29 is 23.1 Å². The second-order valence-electron chi connectivity index (χ2n) is 7.20. The maximum absolute atomic E-state index is 13.1.